The van der Waals surface area contributed by atoms with Crippen molar-refractivity contribution in [2.45, 2.75) is 54.0 Å². The van der Waals surface area contributed by atoms with Gasteiger partial charge in [-0.2, -0.15) is 0 Å². The smallest absolute Gasteiger partial charge is 0.115 e. The van der Waals surface area contributed by atoms with Crippen molar-refractivity contribution in [2.24, 2.45) is 0 Å². The first kappa shape index (κ1) is 16.2. The average Bonchev–Trinajstić information content (AvgIpc) is 2.77. The van der Waals surface area contributed by atoms with Gasteiger partial charge in [0.1, 0.15) is 5.01 Å². The summed E-state index contributed by atoms with van der Waals surface area (Å²) in [6.45, 7) is 14.0. The summed E-state index contributed by atoms with van der Waals surface area (Å²) in [6, 6.07) is 4.75. The molecule has 1 N–H and O–H groups in total. The quantitative estimate of drug-likeness (QED) is 0.870. The Hall–Kier alpha value is -1.19. The molecule has 0 aliphatic heterocycles. The van der Waals surface area contributed by atoms with Gasteiger partial charge in [0.05, 0.1) is 11.7 Å². The molecule has 0 bridgehead atoms. The first-order chi connectivity index (χ1) is 9.97. The highest BCUT2D eigenvalue weighted by Crippen LogP contribution is 2.32. The lowest BCUT2D eigenvalue weighted by Crippen LogP contribution is -2.23. The molecular formula is C18H26N2S. The van der Waals surface area contributed by atoms with E-state index in [9.17, 15) is 0 Å². The maximum atomic E-state index is 4.88. The zero-order valence-corrected chi connectivity index (χ0v) is 14.8. The average molecular weight is 302 g/mol. The van der Waals surface area contributed by atoms with E-state index in [1.54, 1.807) is 0 Å². The molecule has 1 aromatic carbocycles. The Kier molecular flexibility index (Phi) is 5.17. The first-order valence-corrected chi connectivity index (χ1v) is 8.56. The number of benzene rings is 1. The Labute approximate surface area is 132 Å². The minimum Gasteiger partial charge on any atom is -0.305 e. The predicted molar refractivity (Wildman–Crippen MR) is 92.4 cm³/mol. The standard InChI is InChI=1S/C18H26N2S/c1-7-15-14(6)21-18(20-15)17(19-8-2)16-12(4)9-11(3)10-13(16)5/h9-10,17,19H,7-8H2,1-6H3. The van der Waals surface area contributed by atoms with Crippen molar-refractivity contribution in [1.82, 2.24) is 10.3 Å². The molecule has 1 heterocycles. The molecule has 0 aliphatic rings. The Bertz CT molecular complexity index is 605. The van der Waals surface area contributed by atoms with Crippen LogP contribution in [0.5, 0.6) is 0 Å². The third-order valence-electron chi connectivity index (χ3n) is 3.93. The van der Waals surface area contributed by atoms with E-state index in [0.29, 0.717) is 0 Å². The molecular weight excluding hydrogens is 276 g/mol. The lowest BCUT2D eigenvalue weighted by Gasteiger charge is -2.21. The molecule has 2 nitrogen and oxygen atoms in total. The summed E-state index contributed by atoms with van der Waals surface area (Å²) in [7, 11) is 0. The summed E-state index contributed by atoms with van der Waals surface area (Å²) in [5.41, 5.74) is 6.65. The van der Waals surface area contributed by atoms with Gasteiger partial charge < -0.3 is 5.32 Å². The number of thiazole rings is 1. The highest BCUT2D eigenvalue weighted by Gasteiger charge is 2.22. The molecule has 2 rings (SSSR count). The molecule has 1 atom stereocenters. The van der Waals surface area contributed by atoms with Gasteiger partial charge in [-0.25, -0.2) is 4.98 Å². The molecule has 114 valence electrons. The molecule has 2 aromatic rings. The summed E-state index contributed by atoms with van der Waals surface area (Å²) in [4.78, 5) is 6.23. The van der Waals surface area contributed by atoms with Crippen molar-refractivity contribution < 1.29 is 0 Å². The fraction of sp³-hybridized carbons (Fsp3) is 0.500. The van der Waals surface area contributed by atoms with Gasteiger partial charge in [-0.15, -0.1) is 11.3 Å². The Morgan fingerprint density at radius 1 is 1.10 bits per heavy atom. The molecule has 1 aromatic heterocycles. The van der Waals surface area contributed by atoms with Gasteiger partial charge >= 0.3 is 0 Å². The van der Waals surface area contributed by atoms with Crippen LogP contribution in [0.2, 0.25) is 0 Å². The van der Waals surface area contributed by atoms with Crippen LogP contribution in [-0.4, -0.2) is 11.5 Å². The van der Waals surface area contributed by atoms with E-state index < -0.39 is 0 Å². The molecule has 21 heavy (non-hydrogen) atoms. The van der Waals surface area contributed by atoms with Gasteiger partial charge in [0, 0.05) is 4.88 Å². The van der Waals surface area contributed by atoms with E-state index in [0.717, 1.165) is 13.0 Å². The van der Waals surface area contributed by atoms with E-state index in [1.165, 1.54) is 37.8 Å². The van der Waals surface area contributed by atoms with Gasteiger partial charge in [-0.05, 0) is 57.4 Å². The van der Waals surface area contributed by atoms with Gasteiger partial charge in [0.15, 0.2) is 0 Å². The number of aromatic nitrogens is 1. The third kappa shape index (κ3) is 3.35. The molecule has 0 amide bonds. The van der Waals surface area contributed by atoms with Crippen LogP contribution in [0.25, 0.3) is 0 Å². The fourth-order valence-corrected chi connectivity index (χ4v) is 4.16. The SMILES string of the molecule is CCNC(c1nc(CC)c(C)s1)c1c(C)cc(C)cc1C. The van der Waals surface area contributed by atoms with Crippen LogP contribution in [0.3, 0.4) is 0 Å². The van der Waals surface area contributed by atoms with E-state index in [1.807, 2.05) is 11.3 Å². The van der Waals surface area contributed by atoms with E-state index in [-0.39, 0.29) is 6.04 Å². The summed E-state index contributed by atoms with van der Waals surface area (Å²) in [6.07, 6.45) is 1.01. The fourth-order valence-electron chi connectivity index (χ4n) is 3.07. The Balaban J connectivity index is 2.53. The van der Waals surface area contributed by atoms with E-state index in [4.69, 9.17) is 4.98 Å². The maximum absolute atomic E-state index is 4.88. The molecule has 0 aliphatic carbocycles. The maximum Gasteiger partial charge on any atom is 0.115 e. The van der Waals surface area contributed by atoms with Crippen molar-refractivity contribution in [1.29, 1.82) is 0 Å². The molecule has 0 fully saturated rings. The van der Waals surface area contributed by atoms with Crippen molar-refractivity contribution in [3.63, 3.8) is 0 Å². The number of nitrogens with one attached hydrogen (secondary N) is 1. The van der Waals surface area contributed by atoms with E-state index >= 15 is 0 Å². The summed E-state index contributed by atoms with van der Waals surface area (Å²) in [5.74, 6) is 0. The van der Waals surface area contributed by atoms with Crippen LogP contribution in [0.4, 0.5) is 0 Å². The van der Waals surface area contributed by atoms with Crippen LogP contribution in [0, 0.1) is 27.7 Å². The van der Waals surface area contributed by atoms with Crippen LogP contribution < -0.4 is 5.32 Å². The zero-order chi connectivity index (χ0) is 15.6. The van der Waals surface area contributed by atoms with Crippen molar-refractivity contribution in [3.8, 4) is 0 Å². The highest BCUT2D eigenvalue weighted by molar-refractivity contribution is 7.11. The van der Waals surface area contributed by atoms with Gasteiger partial charge in [0.2, 0.25) is 0 Å². The summed E-state index contributed by atoms with van der Waals surface area (Å²) in [5, 5.41) is 4.82. The van der Waals surface area contributed by atoms with Crippen molar-refractivity contribution >= 4 is 11.3 Å². The molecule has 0 spiro atoms. The van der Waals surface area contributed by atoms with Crippen LogP contribution >= 0.6 is 11.3 Å². The Morgan fingerprint density at radius 3 is 2.19 bits per heavy atom. The topological polar surface area (TPSA) is 24.9 Å². The van der Waals surface area contributed by atoms with Crippen molar-refractivity contribution in [3.05, 3.63) is 50.0 Å². The largest absolute Gasteiger partial charge is 0.305 e. The number of rotatable bonds is 5. The predicted octanol–water partition coefficient (Wildman–Crippen LogP) is 4.64. The number of hydrogen-bond donors (Lipinski definition) is 1. The van der Waals surface area contributed by atoms with E-state index in [2.05, 4.69) is 59.0 Å². The van der Waals surface area contributed by atoms with Crippen LogP contribution in [0.1, 0.15) is 57.7 Å². The lowest BCUT2D eigenvalue weighted by atomic mass is 9.94. The van der Waals surface area contributed by atoms with Crippen LogP contribution in [0.15, 0.2) is 12.1 Å². The monoisotopic (exact) mass is 302 g/mol. The normalized spacial score (nSPS) is 12.7. The molecule has 0 saturated carbocycles. The second kappa shape index (κ2) is 6.71. The van der Waals surface area contributed by atoms with Gasteiger partial charge in [-0.3, -0.25) is 0 Å². The minimum absolute atomic E-state index is 0.208. The zero-order valence-electron chi connectivity index (χ0n) is 14.0. The summed E-state index contributed by atoms with van der Waals surface area (Å²) >= 11 is 1.83. The van der Waals surface area contributed by atoms with Gasteiger partial charge in [0.25, 0.3) is 0 Å². The molecule has 0 radical (unpaired) electrons. The highest BCUT2D eigenvalue weighted by atomic mass is 32.1. The first-order valence-electron chi connectivity index (χ1n) is 7.75. The summed E-state index contributed by atoms with van der Waals surface area (Å²) < 4.78 is 0. The Morgan fingerprint density at radius 2 is 1.71 bits per heavy atom. The molecule has 0 saturated heterocycles. The second-order valence-corrected chi connectivity index (χ2v) is 6.95. The third-order valence-corrected chi connectivity index (χ3v) is 5.00. The van der Waals surface area contributed by atoms with Crippen molar-refractivity contribution in [2.75, 3.05) is 6.54 Å². The number of hydrogen-bond acceptors (Lipinski definition) is 3. The number of aryl methyl sites for hydroxylation is 5. The minimum atomic E-state index is 0.208. The molecule has 1 unspecified atom stereocenters. The van der Waals surface area contributed by atoms with Crippen LogP contribution in [-0.2, 0) is 6.42 Å². The second-order valence-electron chi connectivity index (χ2n) is 5.71. The lowest BCUT2D eigenvalue weighted by molar-refractivity contribution is 0.619. The molecule has 3 heteroatoms. The van der Waals surface area contributed by atoms with Gasteiger partial charge in [-0.1, -0.05) is 31.5 Å². The number of nitrogens with zero attached hydrogens (tertiary/aromatic N) is 1.